The first kappa shape index (κ1) is 25.7. The van der Waals surface area contributed by atoms with E-state index in [4.69, 9.17) is 25.8 Å². The van der Waals surface area contributed by atoms with E-state index in [-0.39, 0.29) is 32.5 Å². The number of carbonyl (C=O) groups excluding carboxylic acids is 2. The summed E-state index contributed by atoms with van der Waals surface area (Å²) in [5, 5.41) is 13.5. The number of hydrogen-bond donors (Lipinski definition) is 2. The molecule has 1 aliphatic rings. The highest BCUT2D eigenvalue weighted by molar-refractivity contribution is 7.92. The molecular weight excluding hydrogens is 530 g/mol. The number of carbonyl (C=O) groups is 2. The van der Waals surface area contributed by atoms with Gasteiger partial charge in [-0.2, -0.15) is 0 Å². The van der Waals surface area contributed by atoms with Gasteiger partial charge in [0.25, 0.3) is 21.6 Å². The van der Waals surface area contributed by atoms with Crippen molar-refractivity contribution in [2.24, 2.45) is 0 Å². The van der Waals surface area contributed by atoms with Crippen LogP contribution in [0.4, 0.5) is 17.1 Å². The van der Waals surface area contributed by atoms with E-state index in [1.807, 2.05) is 0 Å². The van der Waals surface area contributed by atoms with Crippen molar-refractivity contribution < 1.29 is 37.1 Å². The van der Waals surface area contributed by atoms with Gasteiger partial charge in [-0.3, -0.25) is 19.6 Å². The molecule has 0 saturated heterocycles. The number of halogens is 1. The second-order valence-corrected chi connectivity index (χ2v) is 9.65. The molecule has 1 heterocycles. The standard InChI is InChI=1S/C23H18ClN3O9S/c24-15-3-7-19(27(30)31)18(11-15)25-22(28)13-36-23(29)14-1-4-16(5-2-14)26-37(32,33)17-6-8-20-21(12-17)35-10-9-34-20/h1-8,11-12,26H,9-10,13H2,(H,25,28). The van der Waals surface area contributed by atoms with Gasteiger partial charge >= 0.3 is 5.97 Å². The SMILES string of the molecule is O=C(COC(=O)c1ccc(NS(=O)(=O)c2ccc3c(c2)OCCO3)cc1)Nc1cc(Cl)ccc1[N+](=O)[O-]. The number of nitro benzene ring substituents is 1. The van der Waals surface area contributed by atoms with Crippen LogP contribution in [0.1, 0.15) is 10.4 Å². The number of fused-ring (bicyclic) bond motifs is 1. The largest absolute Gasteiger partial charge is 0.486 e. The van der Waals surface area contributed by atoms with Crippen LogP contribution in [0.15, 0.2) is 65.6 Å². The summed E-state index contributed by atoms with van der Waals surface area (Å²) in [7, 11) is -3.96. The lowest BCUT2D eigenvalue weighted by Crippen LogP contribution is -2.21. The van der Waals surface area contributed by atoms with Crippen LogP contribution < -0.4 is 19.5 Å². The average Bonchev–Trinajstić information content (AvgIpc) is 2.87. The van der Waals surface area contributed by atoms with E-state index in [2.05, 4.69) is 10.0 Å². The second kappa shape index (κ2) is 10.7. The van der Waals surface area contributed by atoms with Gasteiger partial charge in [0.15, 0.2) is 18.1 Å². The topological polar surface area (TPSA) is 163 Å². The molecule has 0 aromatic heterocycles. The predicted octanol–water partition coefficient (Wildman–Crippen LogP) is 3.62. The van der Waals surface area contributed by atoms with E-state index >= 15 is 0 Å². The van der Waals surface area contributed by atoms with Crippen molar-refractivity contribution in [2.75, 3.05) is 29.9 Å². The molecule has 14 heteroatoms. The molecule has 0 saturated carbocycles. The van der Waals surface area contributed by atoms with Gasteiger partial charge in [-0.05, 0) is 48.5 Å². The van der Waals surface area contributed by atoms with Gasteiger partial charge in [-0.1, -0.05) is 11.6 Å². The van der Waals surface area contributed by atoms with Crippen molar-refractivity contribution in [3.8, 4) is 11.5 Å². The molecule has 0 spiro atoms. The first-order valence-corrected chi connectivity index (χ1v) is 12.4. The zero-order chi connectivity index (χ0) is 26.6. The molecular formula is C23H18ClN3O9S. The van der Waals surface area contributed by atoms with Crippen molar-refractivity contribution in [1.29, 1.82) is 0 Å². The molecule has 3 aromatic rings. The highest BCUT2D eigenvalue weighted by Crippen LogP contribution is 2.33. The Morgan fingerprint density at radius 3 is 2.41 bits per heavy atom. The van der Waals surface area contributed by atoms with E-state index in [0.717, 1.165) is 6.07 Å². The summed E-state index contributed by atoms with van der Waals surface area (Å²) in [6.45, 7) is -0.0358. The molecule has 192 valence electrons. The average molecular weight is 548 g/mol. The zero-order valence-electron chi connectivity index (χ0n) is 18.8. The zero-order valence-corrected chi connectivity index (χ0v) is 20.4. The fourth-order valence-electron chi connectivity index (χ4n) is 3.25. The van der Waals surface area contributed by atoms with Crippen molar-refractivity contribution >= 4 is 50.6 Å². The number of amides is 1. The van der Waals surface area contributed by atoms with Crippen molar-refractivity contribution in [1.82, 2.24) is 0 Å². The Kier molecular flexibility index (Phi) is 7.45. The van der Waals surface area contributed by atoms with E-state index < -0.39 is 33.4 Å². The van der Waals surface area contributed by atoms with Crippen LogP contribution in [0.25, 0.3) is 0 Å². The van der Waals surface area contributed by atoms with Crippen LogP contribution in [0.5, 0.6) is 11.5 Å². The number of ether oxygens (including phenoxy) is 3. The van der Waals surface area contributed by atoms with Gasteiger partial charge < -0.3 is 19.5 Å². The quantitative estimate of drug-likeness (QED) is 0.243. The maximum Gasteiger partial charge on any atom is 0.338 e. The number of nitrogens with one attached hydrogen (secondary N) is 2. The molecule has 37 heavy (non-hydrogen) atoms. The van der Waals surface area contributed by atoms with Crippen LogP contribution in [0, 0.1) is 10.1 Å². The van der Waals surface area contributed by atoms with E-state index in [1.165, 1.54) is 54.6 Å². The summed E-state index contributed by atoms with van der Waals surface area (Å²) in [5.74, 6) is -0.909. The van der Waals surface area contributed by atoms with Gasteiger partial charge in [0, 0.05) is 22.8 Å². The Morgan fingerprint density at radius 1 is 1.00 bits per heavy atom. The maximum absolute atomic E-state index is 12.7. The lowest BCUT2D eigenvalue weighted by atomic mass is 10.2. The van der Waals surface area contributed by atoms with Crippen LogP contribution in [0.2, 0.25) is 5.02 Å². The predicted molar refractivity (Wildman–Crippen MR) is 132 cm³/mol. The molecule has 0 unspecified atom stereocenters. The summed E-state index contributed by atoms with van der Waals surface area (Å²) in [6, 6.07) is 13.2. The number of sulfonamides is 1. The summed E-state index contributed by atoms with van der Waals surface area (Å²) < 4.78 is 43.6. The molecule has 0 aliphatic carbocycles. The molecule has 0 radical (unpaired) electrons. The Morgan fingerprint density at radius 2 is 1.70 bits per heavy atom. The molecule has 0 atom stereocenters. The molecule has 4 rings (SSSR count). The molecule has 2 N–H and O–H groups in total. The monoisotopic (exact) mass is 547 g/mol. The minimum absolute atomic E-state index is 0.0359. The molecule has 12 nitrogen and oxygen atoms in total. The summed E-state index contributed by atoms with van der Waals surface area (Å²) in [4.78, 5) is 34.8. The minimum Gasteiger partial charge on any atom is -0.486 e. The summed E-state index contributed by atoms with van der Waals surface area (Å²) in [6.07, 6.45) is 0. The Hall–Kier alpha value is -4.36. The lowest BCUT2D eigenvalue weighted by Gasteiger charge is -2.19. The fraction of sp³-hybridized carbons (Fsp3) is 0.130. The highest BCUT2D eigenvalue weighted by Gasteiger charge is 2.20. The van der Waals surface area contributed by atoms with Crippen LogP contribution in [0.3, 0.4) is 0 Å². The van der Waals surface area contributed by atoms with Crippen LogP contribution in [-0.2, 0) is 19.6 Å². The van der Waals surface area contributed by atoms with Gasteiger partial charge in [-0.15, -0.1) is 0 Å². The van der Waals surface area contributed by atoms with Gasteiger partial charge in [0.05, 0.1) is 15.4 Å². The number of hydrogen-bond acceptors (Lipinski definition) is 9. The Balaban J connectivity index is 1.35. The normalized spacial score (nSPS) is 12.4. The fourth-order valence-corrected chi connectivity index (χ4v) is 4.49. The number of benzene rings is 3. The summed E-state index contributed by atoms with van der Waals surface area (Å²) >= 11 is 5.82. The second-order valence-electron chi connectivity index (χ2n) is 7.53. The van der Waals surface area contributed by atoms with Crippen molar-refractivity contribution in [3.05, 3.63) is 81.4 Å². The first-order chi connectivity index (χ1) is 17.6. The van der Waals surface area contributed by atoms with Crippen molar-refractivity contribution in [3.63, 3.8) is 0 Å². The first-order valence-electron chi connectivity index (χ1n) is 10.6. The van der Waals surface area contributed by atoms with Gasteiger partial charge in [0.1, 0.15) is 18.9 Å². The summed E-state index contributed by atoms with van der Waals surface area (Å²) in [5.41, 5.74) is -0.298. The highest BCUT2D eigenvalue weighted by atomic mass is 35.5. The third-order valence-electron chi connectivity index (χ3n) is 4.96. The molecule has 3 aromatic carbocycles. The number of esters is 1. The van der Waals surface area contributed by atoms with E-state index in [9.17, 15) is 28.1 Å². The van der Waals surface area contributed by atoms with Crippen molar-refractivity contribution in [2.45, 2.75) is 4.90 Å². The maximum atomic E-state index is 12.7. The number of anilines is 2. The Labute approximate surface area is 215 Å². The smallest absolute Gasteiger partial charge is 0.338 e. The van der Waals surface area contributed by atoms with Gasteiger partial charge in [0.2, 0.25) is 0 Å². The molecule has 0 fully saturated rings. The molecule has 1 amide bonds. The number of nitro groups is 1. The molecule has 1 aliphatic heterocycles. The van der Waals surface area contributed by atoms with Gasteiger partial charge in [-0.25, -0.2) is 13.2 Å². The lowest BCUT2D eigenvalue weighted by molar-refractivity contribution is -0.383. The van der Waals surface area contributed by atoms with Crippen LogP contribution >= 0.6 is 11.6 Å². The third-order valence-corrected chi connectivity index (χ3v) is 6.57. The number of nitrogens with zero attached hydrogens (tertiary/aromatic N) is 1. The van der Waals surface area contributed by atoms with E-state index in [1.54, 1.807) is 0 Å². The van der Waals surface area contributed by atoms with E-state index in [0.29, 0.717) is 24.7 Å². The third kappa shape index (κ3) is 6.26. The minimum atomic E-state index is -3.96. The molecule has 0 bridgehead atoms. The Bertz CT molecular complexity index is 1480. The number of rotatable bonds is 8. The van der Waals surface area contributed by atoms with Crippen LogP contribution in [-0.4, -0.2) is 45.0 Å².